The molecular formula is C13H24N2OS. The van der Waals surface area contributed by atoms with Crippen LogP contribution in [0.5, 0.6) is 0 Å². The van der Waals surface area contributed by atoms with Gasteiger partial charge < -0.3 is 15.0 Å². The van der Waals surface area contributed by atoms with E-state index in [1.54, 1.807) is 0 Å². The first-order valence-electron chi connectivity index (χ1n) is 6.08. The monoisotopic (exact) mass is 256 g/mol. The summed E-state index contributed by atoms with van der Waals surface area (Å²) < 4.78 is 5.52. The molecular weight excluding hydrogens is 232 g/mol. The van der Waals surface area contributed by atoms with Crippen molar-refractivity contribution in [1.82, 2.24) is 10.2 Å². The number of aryl methyl sites for hydroxylation is 2. The molecule has 0 atom stereocenters. The van der Waals surface area contributed by atoms with E-state index in [0.29, 0.717) is 0 Å². The molecule has 1 aromatic rings. The summed E-state index contributed by atoms with van der Waals surface area (Å²) in [5.41, 5.74) is 1.42. The zero-order valence-corrected chi connectivity index (χ0v) is 12.2. The van der Waals surface area contributed by atoms with Gasteiger partial charge in [-0.3, -0.25) is 0 Å². The molecule has 0 fully saturated rings. The van der Waals surface area contributed by atoms with E-state index in [0.717, 1.165) is 32.8 Å². The standard InChI is InChI=1S/C13H24N2OS/c1-11-9-13(12(2)17-11)10-14-5-7-16-8-6-15(3)4/h9,14H,5-8,10H2,1-4H3. The molecule has 1 aromatic heterocycles. The zero-order chi connectivity index (χ0) is 12.7. The molecule has 0 aliphatic rings. The first-order chi connectivity index (χ1) is 8.09. The first-order valence-corrected chi connectivity index (χ1v) is 6.90. The molecule has 0 aliphatic heterocycles. The lowest BCUT2D eigenvalue weighted by Gasteiger charge is -2.10. The average molecular weight is 256 g/mol. The second-order valence-corrected chi connectivity index (χ2v) is 5.99. The molecule has 17 heavy (non-hydrogen) atoms. The fourth-order valence-corrected chi connectivity index (χ4v) is 2.52. The van der Waals surface area contributed by atoms with E-state index in [4.69, 9.17) is 4.74 Å². The summed E-state index contributed by atoms with van der Waals surface area (Å²) in [6.07, 6.45) is 0. The first kappa shape index (κ1) is 14.6. The van der Waals surface area contributed by atoms with E-state index < -0.39 is 0 Å². The van der Waals surface area contributed by atoms with Crippen molar-refractivity contribution in [2.75, 3.05) is 40.4 Å². The number of ether oxygens (including phenoxy) is 1. The third-order valence-electron chi connectivity index (χ3n) is 2.57. The fraction of sp³-hybridized carbons (Fsp3) is 0.692. The summed E-state index contributed by atoms with van der Waals surface area (Å²) in [6, 6.07) is 2.26. The SMILES string of the molecule is Cc1cc(CNCCOCCN(C)C)c(C)s1. The average Bonchev–Trinajstić information content (AvgIpc) is 2.55. The van der Waals surface area contributed by atoms with Gasteiger partial charge in [0.2, 0.25) is 0 Å². The molecule has 0 radical (unpaired) electrons. The van der Waals surface area contributed by atoms with Gasteiger partial charge in [-0.15, -0.1) is 11.3 Å². The van der Waals surface area contributed by atoms with E-state index in [9.17, 15) is 0 Å². The van der Waals surface area contributed by atoms with Crippen LogP contribution in [0, 0.1) is 13.8 Å². The Balaban J connectivity index is 2.03. The number of thiophene rings is 1. The van der Waals surface area contributed by atoms with Gasteiger partial charge in [-0.2, -0.15) is 0 Å². The molecule has 0 unspecified atom stereocenters. The van der Waals surface area contributed by atoms with Gasteiger partial charge in [0.05, 0.1) is 13.2 Å². The Bertz CT molecular complexity index is 323. The van der Waals surface area contributed by atoms with E-state index >= 15 is 0 Å². The van der Waals surface area contributed by atoms with Crippen LogP contribution in [0.25, 0.3) is 0 Å². The third-order valence-corrected chi connectivity index (χ3v) is 3.57. The smallest absolute Gasteiger partial charge is 0.0593 e. The number of hydrogen-bond donors (Lipinski definition) is 1. The van der Waals surface area contributed by atoms with E-state index in [1.807, 2.05) is 11.3 Å². The highest BCUT2D eigenvalue weighted by molar-refractivity contribution is 7.12. The Hall–Kier alpha value is -0.420. The maximum absolute atomic E-state index is 5.52. The zero-order valence-electron chi connectivity index (χ0n) is 11.4. The number of nitrogens with zero attached hydrogens (tertiary/aromatic N) is 1. The van der Waals surface area contributed by atoms with E-state index in [2.05, 4.69) is 44.2 Å². The molecule has 0 saturated carbocycles. The van der Waals surface area contributed by atoms with Crippen molar-refractivity contribution in [2.45, 2.75) is 20.4 Å². The predicted octanol–water partition coefficient (Wildman–Crippen LogP) is 2.03. The van der Waals surface area contributed by atoms with Gasteiger partial charge in [0, 0.05) is 29.4 Å². The van der Waals surface area contributed by atoms with Gasteiger partial charge in [-0.1, -0.05) is 0 Å². The van der Waals surface area contributed by atoms with Crippen molar-refractivity contribution in [2.24, 2.45) is 0 Å². The lowest BCUT2D eigenvalue weighted by molar-refractivity contribution is 0.119. The highest BCUT2D eigenvalue weighted by Crippen LogP contribution is 2.19. The van der Waals surface area contributed by atoms with Crippen molar-refractivity contribution in [3.8, 4) is 0 Å². The van der Waals surface area contributed by atoms with Gasteiger partial charge in [0.25, 0.3) is 0 Å². The lowest BCUT2D eigenvalue weighted by atomic mass is 10.2. The normalized spacial score (nSPS) is 11.4. The Morgan fingerprint density at radius 1 is 1.29 bits per heavy atom. The number of rotatable bonds is 8. The largest absolute Gasteiger partial charge is 0.379 e. The summed E-state index contributed by atoms with van der Waals surface area (Å²) in [4.78, 5) is 4.94. The van der Waals surface area contributed by atoms with Crippen LogP contribution >= 0.6 is 11.3 Å². The van der Waals surface area contributed by atoms with Crippen LogP contribution in [0.4, 0.5) is 0 Å². The van der Waals surface area contributed by atoms with Crippen molar-refractivity contribution in [1.29, 1.82) is 0 Å². The van der Waals surface area contributed by atoms with Crippen molar-refractivity contribution in [3.05, 3.63) is 21.4 Å². The molecule has 0 aliphatic carbocycles. The van der Waals surface area contributed by atoms with Crippen LogP contribution < -0.4 is 5.32 Å². The summed E-state index contributed by atoms with van der Waals surface area (Å²) in [5, 5.41) is 3.41. The Kier molecular flexibility index (Phi) is 6.73. The molecule has 0 aromatic carbocycles. The molecule has 98 valence electrons. The summed E-state index contributed by atoms with van der Waals surface area (Å²) in [7, 11) is 4.12. The Labute approximate surface area is 109 Å². The minimum atomic E-state index is 0.788. The fourth-order valence-electron chi connectivity index (χ4n) is 1.58. The number of likely N-dealkylation sites (N-methyl/N-ethyl adjacent to an activating group) is 1. The molecule has 1 heterocycles. The van der Waals surface area contributed by atoms with Crippen LogP contribution in [0.1, 0.15) is 15.3 Å². The van der Waals surface area contributed by atoms with Crippen LogP contribution in [-0.2, 0) is 11.3 Å². The van der Waals surface area contributed by atoms with Crippen LogP contribution in [0.15, 0.2) is 6.07 Å². The Morgan fingerprint density at radius 3 is 2.65 bits per heavy atom. The molecule has 0 saturated heterocycles. The van der Waals surface area contributed by atoms with E-state index in [1.165, 1.54) is 15.3 Å². The minimum Gasteiger partial charge on any atom is -0.379 e. The second-order valence-electron chi connectivity index (χ2n) is 4.53. The van der Waals surface area contributed by atoms with Crippen LogP contribution in [0.3, 0.4) is 0 Å². The Morgan fingerprint density at radius 2 is 2.06 bits per heavy atom. The summed E-state index contributed by atoms with van der Waals surface area (Å²) >= 11 is 1.87. The van der Waals surface area contributed by atoms with Crippen LogP contribution in [0.2, 0.25) is 0 Å². The van der Waals surface area contributed by atoms with Gasteiger partial charge in [-0.25, -0.2) is 0 Å². The maximum atomic E-state index is 5.52. The second kappa shape index (κ2) is 7.82. The topological polar surface area (TPSA) is 24.5 Å². The lowest BCUT2D eigenvalue weighted by Crippen LogP contribution is -2.23. The van der Waals surface area contributed by atoms with Crippen LogP contribution in [-0.4, -0.2) is 45.3 Å². The molecule has 0 bridgehead atoms. The molecule has 1 rings (SSSR count). The highest BCUT2D eigenvalue weighted by atomic mass is 32.1. The molecule has 3 nitrogen and oxygen atoms in total. The van der Waals surface area contributed by atoms with E-state index in [-0.39, 0.29) is 0 Å². The van der Waals surface area contributed by atoms with Crippen molar-refractivity contribution >= 4 is 11.3 Å². The third kappa shape index (κ3) is 6.17. The van der Waals surface area contributed by atoms with Gasteiger partial charge in [0.1, 0.15) is 0 Å². The summed E-state index contributed by atoms with van der Waals surface area (Å²) in [5.74, 6) is 0. The van der Waals surface area contributed by atoms with Crippen molar-refractivity contribution < 1.29 is 4.74 Å². The molecule has 0 amide bonds. The maximum Gasteiger partial charge on any atom is 0.0593 e. The molecule has 4 heteroatoms. The molecule has 1 N–H and O–H groups in total. The number of hydrogen-bond acceptors (Lipinski definition) is 4. The predicted molar refractivity (Wildman–Crippen MR) is 74.9 cm³/mol. The van der Waals surface area contributed by atoms with Crippen molar-refractivity contribution in [3.63, 3.8) is 0 Å². The van der Waals surface area contributed by atoms with Gasteiger partial charge in [-0.05, 0) is 39.6 Å². The highest BCUT2D eigenvalue weighted by Gasteiger charge is 2.01. The number of nitrogens with one attached hydrogen (secondary N) is 1. The van der Waals surface area contributed by atoms with Gasteiger partial charge >= 0.3 is 0 Å². The summed E-state index contributed by atoms with van der Waals surface area (Å²) in [6.45, 7) is 8.80. The minimum absolute atomic E-state index is 0.788. The quantitative estimate of drug-likeness (QED) is 0.720. The molecule has 0 spiro atoms. The van der Waals surface area contributed by atoms with Gasteiger partial charge in [0.15, 0.2) is 0 Å².